The molecule has 2 aliphatic rings. The Morgan fingerprint density at radius 3 is 2.21 bits per heavy atom. The number of rotatable bonds is 8. The zero-order valence-electron chi connectivity index (χ0n) is 22.5. The molecule has 0 saturated carbocycles. The van der Waals surface area contributed by atoms with Crippen molar-refractivity contribution in [2.24, 2.45) is 0 Å². The predicted molar refractivity (Wildman–Crippen MR) is 157 cm³/mol. The highest BCUT2D eigenvalue weighted by Gasteiger charge is 2.21. The molecule has 200 valence electrons. The smallest absolute Gasteiger partial charge is 0.258 e. The van der Waals surface area contributed by atoms with Gasteiger partial charge in [-0.2, -0.15) is 0 Å². The van der Waals surface area contributed by atoms with Gasteiger partial charge in [0.25, 0.3) is 11.8 Å². The van der Waals surface area contributed by atoms with Crippen LogP contribution in [-0.4, -0.2) is 60.1 Å². The summed E-state index contributed by atoms with van der Waals surface area (Å²) in [4.78, 5) is 27.5. The topological polar surface area (TPSA) is 70.6 Å². The lowest BCUT2D eigenvalue weighted by molar-refractivity contribution is 0.102. The second-order valence-electron chi connectivity index (χ2n) is 10.5. The minimum Gasteiger partial charge on any atom is -0.474 e. The van der Waals surface area contributed by atoms with Gasteiger partial charge >= 0.3 is 0 Å². The van der Waals surface area contributed by atoms with Gasteiger partial charge < -0.3 is 15.0 Å². The number of fused-ring (bicyclic) bond motifs is 1. The fourth-order valence-corrected chi connectivity index (χ4v) is 5.38. The minimum absolute atomic E-state index is 0.153. The van der Waals surface area contributed by atoms with Crippen molar-refractivity contribution in [2.45, 2.75) is 32.6 Å². The van der Waals surface area contributed by atoms with Crippen LogP contribution in [0.25, 0.3) is 22.2 Å². The zero-order valence-corrected chi connectivity index (χ0v) is 22.5. The van der Waals surface area contributed by atoms with Crippen molar-refractivity contribution in [2.75, 3.05) is 49.5 Å². The number of aryl methyl sites for hydroxylation is 1. The van der Waals surface area contributed by atoms with E-state index in [-0.39, 0.29) is 5.91 Å². The first-order chi connectivity index (χ1) is 19.1. The number of likely N-dealkylation sites (tertiary alicyclic amines) is 1. The molecule has 0 bridgehead atoms. The SMILES string of the molecule is Cc1ccc(-c2ccc(C(=O)Nc3ccc4nc(OCCN5CCCC5)c(N5CCCC5)nc4c3)cc2)cc1. The third-order valence-electron chi connectivity index (χ3n) is 7.66. The summed E-state index contributed by atoms with van der Waals surface area (Å²) in [6.45, 7) is 7.81. The van der Waals surface area contributed by atoms with Crippen LogP contribution in [-0.2, 0) is 0 Å². The minimum atomic E-state index is -0.153. The molecule has 1 N–H and O–H groups in total. The van der Waals surface area contributed by atoms with Gasteiger partial charge in [-0.15, -0.1) is 0 Å². The van der Waals surface area contributed by atoms with Crippen molar-refractivity contribution in [1.82, 2.24) is 14.9 Å². The Balaban J connectivity index is 1.18. The van der Waals surface area contributed by atoms with E-state index in [1.54, 1.807) is 0 Å². The average Bonchev–Trinajstić information content (AvgIpc) is 3.68. The molecule has 7 heteroatoms. The van der Waals surface area contributed by atoms with Crippen LogP contribution in [0.4, 0.5) is 11.5 Å². The van der Waals surface area contributed by atoms with Crippen molar-refractivity contribution in [3.05, 3.63) is 77.9 Å². The van der Waals surface area contributed by atoms with Gasteiger partial charge in [-0.25, -0.2) is 9.97 Å². The molecule has 1 aromatic heterocycles. The fourth-order valence-electron chi connectivity index (χ4n) is 5.38. The highest BCUT2D eigenvalue weighted by molar-refractivity contribution is 6.05. The predicted octanol–water partition coefficient (Wildman–Crippen LogP) is 5.93. The van der Waals surface area contributed by atoms with Crippen molar-refractivity contribution in [3.8, 4) is 17.0 Å². The molecule has 0 aliphatic carbocycles. The number of carbonyl (C=O) groups is 1. The van der Waals surface area contributed by atoms with Crippen LogP contribution in [0.5, 0.6) is 5.88 Å². The first-order valence-electron chi connectivity index (χ1n) is 14.0. The molecule has 1 amide bonds. The Morgan fingerprint density at radius 1 is 0.821 bits per heavy atom. The Morgan fingerprint density at radius 2 is 1.49 bits per heavy atom. The normalized spacial score (nSPS) is 15.7. The van der Waals surface area contributed by atoms with E-state index >= 15 is 0 Å². The molecule has 0 unspecified atom stereocenters. The van der Waals surface area contributed by atoms with E-state index in [1.165, 1.54) is 18.4 Å². The summed E-state index contributed by atoms with van der Waals surface area (Å²) >= 11 is 0. The van der Waals surface area contributed by atoms with Crippen LogP contribution in [0.2, 0.25) is 0 Å². The number of aromatic nitrogens is 2. The summed E-state index contributed by atoms with van der Waals surface area (Å²) in [5.41, 5.74) is 6.25. The van der Waals surface area contributed by atoms with Crippen LogP contribution in [0, 0.1) is 6.92 Å². The van der Waals surface area contributed by atoms with E-state index in [0.717, 1.165) is 73.5 Å². The van der Waals surface area contributed by atoms with Crippen molar-refractivity contribution >= 4 is 28.4 Å². The number of hydrogen-bond acceptors (Lipinski definition) is 6. The molecule has 0 spiro atoms. The molecule has 2 aliphatic heterocycles. The summed E-state index contributed by atoms with van der Waals surface area (Å²) in [6.07, 6.45) is 4.83. The van der Waals surface area contributed by atoms with E-state index in [2.05, 4.69) is 46.3 Å². The second kappa shape index (κ2) is 11.4. The Hall–Kier alpha value is -3.97. The standard InChI is InChI=1S/C32H35N5O2/c1-23-6-8-24(9-7-23)25-10-12-26(13-11-25)31(38)33-27-14-15-28-29(22-27)34-30(37-18-4-5-19-37)32(35-28)39-21-20-36-16-2-3-17-36/h6-15,22H,2-5,16-21H2,1H3,(H,33,38). The molecule has 39 heavy (non-hydrogen) atoms. The molecule has 3 heterocycles. The van der Waals surface area contributed by atoms with E-state index < -0.39 is 0 Å². The monoisotopic (exact) mass is 521 g/mol. The van der Waals surface area contributed by atoms with Gasteiger partial charge in [-0.3, -0.25) is 9.69 Å². The summed E-state index contributed by atoms with van der Waals surface area (Å²) in [7, 11) is 0. The molecule has 0 radical (unpaired) electrons. The molecule has 3 aromatic carbocycles. The number of nitrogens with one attached hydrogen (secondary N) is 1. The maximum atomic E-state index is 13.0. The Kier molecular flexibility index (Phi) is 7.41. The molecule has 4 aromatic rings. The highest BCUT2D eigenvalue weighted by atomic mass is 16.5. The maximum absolute atomic E-state index is 13.0. The fraction of sp³-hybridized carbons (Fsp3) is 0.344. The first-order valence-corrected chi connectivity index (χ1v) is 14.0. The van der Waals surface area contributed by atoms with Gasteiger partial charge in [-0.05, 0) is 87.2 Å². The number of carbonyl (C=O) groups excluding carboxylic acids is 1. The molecule has 7 nitrogen and oxygen atoms in total. The number of benzene rings is 3. The molecular weight excluding hydrogens is 486 g/mol. The molecule has 2 saturated heterocycles. The van der Waals surface area contributed by atoms with Crippen molar-refractivity contribution in [1.29, 1.82) is 0 Å². The Bertz CT molecular complexity index is 1440. The molecule has 2 fully saturated rings. The van der Waals surface area contributed by atoms with Crippen LogP contribution < -0.4 is 15.0 Å². The van der Waals surface area contributed by atoms with Gasteiger partial charge in [0, 0.05) is 30.9 Å². The summed E-state index contributed by atoms with van der Waals surface area (Å²) < 4.78 is 6.19. The summed E-state index contributed by atoms with van der Waals surface area (Å²) in [5.74, 6) is 1.25. The lowest BCUT2D eigenvalue weighted by atomic mass is 10.0. The van der Waals surface area contributed by atoms with Gasteiger partial charge in [0.2, 0.25) is 0 Å². The maximum Gasteiger partial charge on any atom is 0.258 e. The number of hydrogen-bond donors (Lipinski definition) is 1. The number of amides is 1. The van der Waals surface area contributed by atoms with E-state index in [1.807, 2.05) is 42.5 Å². The molecule has 0 atom stereocenters. The van der Waals surface area contributed by atoms with E-state index in [9.17, 15) is 4.79 Å². The lowest BCUT2D eigenvalue weighted by Gasteiger charge is -2.21. The summed E-state index contributed by atoms with van der Waals surface area (Å²) in [5, 5.41) is 3.03. The third-order valence-corrected chi connectivity index (χ3v) is 7.66. The van der Waals surface area contributed by atoms with Gasteiger partial charge in [0.1, 0.15) is 6.61 Å². The van der Waals surface area contributed by atoms with Crippen LogP contribution >= 0.6 is 0 Å². The quantitative estimate of drug-likeness (QED) is 0.310. The zero-order chi connectivity index (χ0) is 26.6. The van der Waals surface area contributed by atoms with E-state index in [4.69, 9.17) is 14.7 Å². The number of nitrogens with zero attached hydrogens (tertiary/aromatic N) is 4. The van der Waals surface area contributed by atoms with Gasteiger partial charge in [0.05, 0.1) is 11.0 Å². The average molecular weight is 522 g/mol. The lowest BCUT2D eigenvalue weighted by Crippen LogP contribution is -2.26. The molecule has 6 rings (SSSR count). The summed E-state index contributed by atoms with van der Waals surface area (Å²) in [6, 6.07) is 21.8. The van der Waals surface area contributed by atoms with Gasteiger partial charge in [-0.1, -0.05) is 42.0 Å². The van der Waals surface area contributed by atoms with Crippen molar-refractivity contribution < 1.29 is 9.53 Å². The van der Waals surface area contributed by atoms with E-state index in [0.29, 0.717) is 23.7 Å². The highest BCUT2D eigenvalue weighted by Crippen LogP contribution is 2.31. The third kappa shape index (κ3) is 5.88. The van der Waals surface area contributed by atoms with Crippen molar-refractivity contribution in [3.63, 3.8) is 0 Å². The molecular formula is C32H35N5O2. The largest absolute Gasteiger partial charge is 0.474 e. The second-order valence-corrected chi connectivity index (χ2v) is 10.5. The van der Waals surface area contributed by atoms with Crippen LogP contribution in [0.1, 0.15) is 41.6 Å². The number of ether oxygens (including phenoxy) is 1. The van der Waals surface area contributed by atoms with Gasteiger partial charge in [0.15, 0.2) is 5.82 Å². The number of anilines is 2. The Labute approximate surface area is 229 Å². The first kappa shape index (κ1) is 25.3. The van der Waals surface area contributed by atoms with Crippen LogP contribution in [0.15, 0.2) is 66.7 Å². The van der Waals surface area contributed by atoms with Crippen LogP contribution in [0.3, 0.4) is 0 Å².